The van der Waals surface area contributed by atoms with E-state index in [2.05, 4.69) is 11.9 Å². The smallest absolute Gasteiger partial charge is 0.0449 e. The van der Waals surface area contributed by atoms with Crippen molar-refractivity contribution >= 4 is 11.8 Å². The van der Waals surface area contributed by atoms with Gasteiger partial charge in [-0.25, -0.2) is 0 Å². The molecule has 90 valence electrons. The molecule has 0 radical (unpaired) electrons. The van der Waals surface area contributed by atoms with Gasteiger partial charge in [0.05, 0.1) is 0 Å². The molecule has 0 saturated carbocycles. The number of hydrogen-bond donors (Lipinski definition) is 2. The zero-order chi connectivity index (χ0) is 11.8. The molecule has 1 heterocycles. The zero-order valence-corrected chi connectivity index (χ0v) is 10.5. The van der Waals surface area contributed by atoms with E-state index in [9.17, 15) is 0 Å². The van der Waals surface area contributed by atoms with Crippen molar-refractivity contribution in [3.05, 3.63) is 30.1 Å². The monoisotopic (exact) mass is 240 g/mol. The van der Waals surface area contributed by atoms with Gasteiger partial charge in [-0.2, -0.15) is 11.8 Å². The van der Waals surface area contributed by atoms with Crippen molar-refractivity contribution in [1.82, 2.24) is 4.98 Å². The summed E-state index contributed by atoms with van der Waals surface area (Å²) in [6, 6.07) is 4.20. The molecule has 0 aliphatic rings. The molecule has 0 spiro atoms. The predicted octanol–water partition coefficient (Wildman–Crippen LogP) is 1.98. The van der Waals surface area contributed by atoms with E-state index < -0.39 is 0 Å². The van der Waals surface area contributed by atoms with Crippen LogP contribution in [0.3, 0.4) is 0 Å². The summed E-state index contributed by atoms with van der Waals surface area (Å²) in [5.74, 6) is 0.942. The molecule has 3 nitrogen and oxygen atoms in total. The van der Waals surface area contributed by atoms with Crippen LogP contribution in [0.15, 0.2) is 24.5 Å². The highest BCUT2D eigenvalue weighted by Gasteiger charge is 2.18. The highest BCUT2D eigenvalue weighted by Crippen LogP contribution is 2.32. The van der Waals surface area contributed by atoms with Gasteiger partial charge >= 0.3 is 0 Å². The predicted molar refractivity (Wildman–Crippen MR) is 69.4 cm³/mol. The van der Waals surface area contributed by atoms with Crippen molar-refractivity contribution in [1.29, 1.82) is 0 Å². The van der Waals surface area contributed by atoms with Gasteiger partial charge in [-0.1, -0.05) is 6.92 Å². The second-order valence-corrected chi connectivity index (χ2v) is 4.97. The van der Waals surface area contributed by atoms with Crippen LogP contribution in [-0.4, -0.2) is 28.5 Å². The standard InChI is InChI=1S/C12H20N2OS/c1-2-11(13)12(16-9-3-8-15)10-4-6-14-7-5-10/h4-7,11-12,15H,2-3,8-9,13H2,1H3. The van der Waals surface area contributed by atoms with Crippen LogP contribution in [0.1, 0.15) is 30.6 Å². The molecule has 0 fully saturated rings. The molecule has 16 heavy (non-hydrogen) atoms. The number of aromatic nitrogens is 1. The van der Waals surface area contributed by atoms with Crippen molar-refractivity contribution in [2.75, 3.05) is 12.4 Å². The minimum Gasteiger partial charge on any atom is -0.396 e. The molecular formula is C12H20N2OS. The summed E-state index contributed by atoms with van der Waals surface area (Å²) in [6.07, 6.45) is 5.39. The third-order valence-corrected chi connectivity index (χ3v) is 4.00. The second kappa shape index (κ2) is 7.65. The number of nitrogens with two attached hydrogens (primary N) is 1. The molecule has 0 aliphatic carbocycles. The summed E-state index contributed by atoms with van der Waals surface area (Å²) in [5, 5.41) is 9.10. The molecule has 3 N–H and O–H groups in total. The topological polar surface area (TPSA) is 59.1 Å². The van der Waals surface area contributed by atoms with Gasteiger partial charge in [-0.05, 0) is 36.3 Å². The van der Waals surface area contributed by atoms with Crippen LogP contribution in [0.4, 0.5) is 0 Å². The zero-order valence-electron chi connectivity index (χ0n) is 9.67. The summed E-state index contributed by atoms with van der Waals surface area (Å²) in [5.41, 5.74) is 7.36. The van der Waals surface area contributed by atoms with Gasteiger partial charge in [0.2, 0.25) is 0 Å². The number of nitrogens with zero attached hydrogens (tertiary/aromatic N) is 1. The Morgan fingerprint density at radius 1 is 1.44 bits per heavy atom. The van der Waals surface area contributed by atoms with Gasteiger partial charge in [-0.3, -0.25) is 4.98 Å². The highest BCUT2D eigenvalue weighted by atomic mass is 32.2. The quantitative estimate of drug-likeness (QED) is 0.715. The first-order valence-corrected chi connectivity index (χ1v) is 6.72. The number of aliphatic hydroxyl groups is 1. The minimum absolute atomic E-state index is 0.158. The van der Waals surface area contributed by atoms with Crippen LogP contribution in [0.2, 0.25) is 0 Å². The molecule has 1 rings (SSSR count). The van der Waals surface area contributed by atoms with Crippen LogP contribution < -0.4 is 5.73 Å². The summed E-state index contributed by atoms with van der Waals surface area (Å²) in [7, 11) is 0. The van der Waals surface area contributed by atoms with E-state index in [4.69, 9.17) is 10.8 Å². The average Bonchev–Trinajstić information content (AvgIpc) is 2.35. The van der Waals surface area contributed by atoms with Gasteiger partial charge in [-0.15, -0.1) is 0 Å². The number of rotatable bonds is 7. The maximum absolute atomic E-state index is 8.79. The summed E-state index contributed by atoms with van der Waals surface area (Å²) < 4.78 is 0. The van der Waals surface area contributed by atoms with E-state index in [0.717, 1.165) is 18.6 Å². The Kier molecular flexibility index (Phi) is 6.45. The van der Waals surface area contributed by atoms with Gasteiger partial charge in [0, 0.05) is 30.3 Å². The first-order valence-electron chi connectivity index (χ1n) is 5.67. The van der Waals surface area contributed by atoms with Crippen LogP contribution in [0, 0.1) is 0 Å². The van der Waals surface area contributed by atoms with Crippen LogP contribution in [-0.2, 0) is 0 Å². The maximum Gasteiger partial charge on any atom is 0.0449 e. The Morgan fingerprint density at radius 2 is 2.12 bits per heavy atom. The van der Waals surface area contributed by atoms with Gasteiger partial charge < -0.3 is 10.8 Å². The Labute approximate surface area is 101 Å². The van der Waals surface area contributed by atoms with Crippen molar-refractivity contribution in [2.45, 2.75) is 31.1 Å². The summed E-state index contributed by atoms with van der Waals surface area (Å²) >= 11 is 1.82. The fourth-order valence-corrected chi connectivity index (χ4v) is 2.85. The van der Waals surface area contributed by atoms with Crippen LogP contribution in [0.5, 0.6) is 0 Å². The molecule has 1 aromatic rings. The SMILES string of the molecule is CCC(N)C(SCCCO)c1ccncc1. The molecule has 0 aliphatic heterocycles. The van der Waals surface area contributed by atoms with Gasteiger partial charge in [0.25, 0.3) is 0 Å². The van der Waals surface area contributed by atoms with Gasteiger partial charge in [0.15, 0.2) is 0 Å². The van der Waals surface area contributed by atoms with Crippen molar-refractivity contribution in [2.24, 2.45) is 5.73 Å². The van der Waals surface area contributed by atoms with E-state index >= 15 is 0 Å². The lowest BCUT2D eigenvalue weighted by molar-refractivity contribution is 0.296. The fraction of sp³-hybridized carbons (Fsp3) is 0.583. The molecule has 0 amide bonds. The van der Waals surface area contributed by atoms with Crippen LogP contribution >= 0.6 is 11.8 Å². The fourth-order valence-electron chi connectivity index (χ4n) is 1.51. The lowest BCUT2D eigenvalue weighted by Gasteiger charge is -2.22. The first kappa shape index (κ1) is 13.5. The third kappa shape index (κ3) is 4.12. The molecular weight excluding hydrogens is 220 g/mol. The number of pyridine rings is 1. The lowest BCUT2D eigenvalue weighted by atomic mass is 10.1. The highest BCUT2D eigenvalue weighted by molar-refractivity contribution is 7.99. The van der Waals surface area contributed by atoms with E-state index in [1.807, 2.05) is 23.9 Å². The molecule has 4 heteroatoms. The Morgan fingerprint density at radius 3 is 2.69 bits per heavy atom. The van der Waals surface area contributed by atoms with Crippen LogP contribution in [0.25, 0.3) is 0 Å². The summed E-state index contributed by atoms with van der Waals surface area (Å²) in [6.45, 7) is 2.35. The summed E-state index contributed by atoms with van der Waals surface area (Å²) in [4.78, 5) is 4.02. The van der Waals surface area contributed by atoms with E-state index in [0.29, 0.717) is 5.25 Å². The molecule has 2 unspecified atom stereocenters. The number of thioether (sulfide) groups is 1. The lowest BCUT2D eigenvalue weighted by Crippen LogP contribution is -2.26. The van der Waals surface area contributed by atoms with Crippen molar-refractivity contribution < 1.29 is 5.11 Å². The maximum atomic E-state index is 8.79. The molecule has 2 atom stereocenters. The normalized spacial score (nSPS) is 14.7. The second-order valence-electron chi connectivity index (χ2n) is 3.72. The van der Waals surface area contributed by atoms with Gasteiger partial charge in [0.1, 0.15) is 0 Å². The molecule has 0 bridgehead atoms. The minimum atomic E-state index is 0.158. The molecule has 0 saturated heterocycles. The third-order valence-electron chi connectivity index (χ3n) is 2.49. The largest absolute Gasteiger partial charge is 0.396 e. The van der Waals surface area contributed by atoms with E-state index in [-0.39, 0.29) is 12.6 Å². The number of hydrogen-bond acceptors (Lipinski definition) is 4. The average molecular weight is 240 g/mol. The number of aliphatic hydroxyl groups excluding tert-OH is 1. The van der Waals surface area contributed by atoms with Crippen molar-refractivity contribution in [3.63, 3.8) is 0 Å². The Bertz CT molecular complexity index is 282. The molecule has 0 aromatic carbocycles. The van der Waals surface area contributed by atoms with E-state index in [1.54, 1.807) is 12.4 Å². The van der Waals surface area contributed by atoms with Crippen molar-refractivity contribution in [3.8, 4) is 0 Å². The first-order chi connectivity index (χ1) is 7.79. The Hall–Kier alpha value is -0.580. The Balaban J connectivity index is 2.64. The van der Waals surface area contributed by atoms with E-state index in [1.165, 1.54) is 5.56 Å². The molecule has 1 aromatic heterocycles.